The molecule has 0 atom stereocenters. The van der Waals surface area contributed by atoms with E-state index in [1.54, 1.807) is 13.1 Å². The van der Waals surface area contributed by atoms with Crippen molar-refractivity contribution in [2.75, 3.05) is 13.2 Å². The summed E-state index contributed by atoms with van der Waals surface area (Å²) in [7, 11) is 0. The lowest BCUT2D eigenvalue weighted by Crippen LogP contribution is -2.23. The Hall–Kier alpha value is -2.46. The van der Waals surface area contributed by atoms with Crippen molar-refractivity contribution in [1.82, 2.24) is 19.9 Å². The molecular weight excluding hydrogens is 288 g/mol. The standard InChI is InChI=1S/C14H14N4O2S/c1-10-5-6-12(9-16-10)20-8-4-3-7-15-14(19)13-11(2)17-18-21-13/h5-6,9H,7-8H2,1-2H3,(H,15,19). The summed E-state index contributed by atoms with van der Waals surface area (Å²) in [5.41, 5.74) is 1.56. The highest BCUT2D eigenvalue weighted by molar-refractivity contribution is 7.07. The zero-order valence-electron chi connectivity index (χ0n) is 11.7. The maximum absolute atomic E-state index is 11.7. The van der Waals surface area contributed by atoms with Crippen molar-refractivity contribution in [3.63, 3.8) is 0 Å². The van der Waals surface area contributed by atoms with E-state index in [9.17, 15) is 4.79 Å². The summed E-state index contributed by atoms with van der Waals surface area (Å²) >= 11 is 1.07. The molecule has 6 nitrogen and oxygen atoms in total. The highest BCUT2D eigenvalue weighted by Gasteiger charge is 2.11. The predicted molar refractivity (Wildman–Crippen MR) is 79.2 cm³/mol. The Labute approximate surface area is 126 Å². The summed E-state index contributed by atoms with van der Waals surface area (Å²) in [5.74, 6) is 6.10. The van der Waals surface area contributed by atoms with Crippen molar-refractivity contribution in [1.29, 1.82) is 0 Å². The first-order chi connectivity index (χ1) is 10.2. The minimum absolute atomic E-state index is 0.208. The number of ether oxygens (including phenoxy) is 1. The van der Waals surface area contributed by atoms with Crippen molar-refractivity contribution < 1.29 is 9.53 Å². The van der Waals surface area contributed by atoms with Crippen LogP contribution in [0.3, 0.4) is 0 Å². The van der Waals surface area contributed by atoms with Crippen LogP contribution in [0.15, 0.2) is 18.3 Å². The van der Waals surface area contributed by atoms with Crippen molar-refractivity contribution >= 4 is 17.4 Å². The fraction of sp³-hybridized carbons (Fsp3) is 0.286. The molecule has 0 unspecified atom stereocenters. The van der Waals surface area contributed by atoms with Crippen molar-refractivity contribution in [3.05, 3.63) is 34.6 Å². The van der Waals surface area contributed by atoms with Crippen LogP contribution in [-0.2, 0) is 0 Å². The number of hydrogen-bond donors (Lipinski definition) is 1. The molecule has 2 heterocycles. The van der Waals surface area contributed by atoms with Crippen LogP contribution in [0.4, 0.5) is 0 Å². The lowest BCUT2D eigenvalue weighted by Gasteiger charge is -2.01. The van der Waals surface area contributed by atoms with E-state index in [1.807, 2.05) is 19.1 Å². The quantitative estimate of drug-likeness (QED) is 0.863. The third kappa shape index (κ3) is 4.54. The van der Waals surface area contributed by atoms with Gasteiger partial charge in [0, 0.05) is 5.69 Å². The number of aromatic nitrogens is 3. The summed E-state index contributed by atoms with van der Waals surface area (Å²) in [6.45, 7) is 4.16. The first-order valence-electron chi connectivity index (χ1n) is 6.25. The summed E-state index contributed by atoms with van der Waals surface area (Å²) in [6, 6.07) is 3.71. The summed E-state index contributed by atoms with van der Waals surface area (Å²) in [6.07, 6.45) is 1.65. The van der Waals surface area contributed by atoms with Gasteiger partial charge in [0.15, 0.2) is 0 Å². The molecule has 1 N–H and O–H groups in total. The van der Waals surface area contributed by atoms with E-state index in [0.717, 1.165) is 17.2 Å². The first-order valence-corrected chi connectivity index (χ1v) is 7.02. The van der Waals surface area contributed by atoms with Crippen LogP contribution >= 0.6 is 11.5 Å². The van der Waals surface area contributed by atoms with Gasteiger partial charge in [-0.1, -0.05) is 16.3 Å². The number of aryl methyl sites for hydroxylation is 2. The third-order valence-corrected chi connectivity index (χ3v) is 3.34. The van der Waals surface area contributed by atoms with Gasteiger partial charge in [-0.2, -0.15) is 0 Å². The predicted octanol–water partition coefficient (Wildman–Crippen LogP) is 1.36. The van der Waals surface area contributed by atoms with E-state index in [2.05, 4.69) is 31.7 Å². The summed E-state index contributed by atoms with van der Waals surface area (Å²) in [4.78, 5) is 16.4. The highest BCUT2D eigenvalue weighted by Crippen LogP contribution is 2.08. The fourth-order valence-corrected chi connectivity index (χ4v) is 1.99. The van der Waals surface area contributed by atoms with Crippen molar-refractivity contribution in [2.24, 2.45) is 0 Å². The molecule has 0 spiro atoms. The molecule has 0 fully saturated rings. The Morgan fingerprint density at radius 1 is 1.38 bits per heavy atom. The van der Waals surface area contributed by atoms with Gasteiger partial charge in [0.1, 0.15) is 17.2 Å². The van der Waals surface area contributed by atoms with E-state index >= 15 is 0 Å². The van der Waals surface area contributed by atoms with Gasteiger partial charge in [0.05, 0.1) is 18.4 Å². The largest absolute Gasteiger partial charge is 0.479 e. The topological polar surface area (TPSA) is 77.0 Å². The molecule has 0 saturated heterocycles. The fourth-order valence-electron chi connectivity index (χ4n) is 1.42. The highest BCUT2D eigenvalue weighted by atomic mass is 32.1. The second kappa shape index (κ2) is 7.36. The van der Waals surface area contributed by atoms with Gasteiger partial charge >= 0.3 is 0 Å². The number of nitrogens with one attached hydrogen (secondary N) is 1. The van der Waals surface area contributed by atoms with Crippen LogP contribution in [0, 0.1) is 25.7 Å². The molecule has 7 heteroatoms. The maximum atomic E-state index is 11.7. The molecule has 0 aromatic carbocycles. The molecule has 1 amide bonds. The van der Waals surface area contributed by atoms with E-state index in [1.165, 1.54) is 0 Å². The molecule has 0 aliphatic heterocycles. The smallest absolute Gasteiger partial charge is 0.265 e. The molecule has 108 valence electrons. The van der Waals surface area contributed by atoms with E-state index in [0.29, 0.717) is 16.3 Å². The lowest BCUT2D eigenvalue weighted by molar-refractivity contribution is 0.0962. The minimum atomic E-state index is -0.208. The van der Waals surface area contributed by atoms with Gasteiger partial charge < -0.3 is 10.1 Å². The third-order valence-electron chi connectivity index (χ3n) is 2.52. The van der Waals surface area contributed by atoms with Crippen LogP contribution in [0.2, 0.25) is 0 Å². The number of rotatable bonds is 4. The number of hydrogen-bond acceptors (Lipinski definition) is 6. The van der Waals surface area contributed by atoms with Gasteiger partial charge in [-0.15, -0.1) is 5.10 Å². The molecule has 2 aromatic heterocycles. The molecule has 0 bridgehead atoms. The molecule has 2 rings (SSSR count). The Morgan fingerprint density at radius 3 is 2.90 bits per heavy atom. The number of carbonyl (C=O) groups is 1. The summed E-state index contributed by atoms with van der Waals surface area (Å²) < 4.78 is 9.10. The summed E-state index contributed by atoms with van der Waals surface area (Å²) in [5, 5.41) is 6.46. The second-order valence-electron chi connectivity index (χ2n) is 4.15. The number of carbonyl (C=O) groups excluding carboxylic acids is 1. The number of nitrogens with zero attached hydrogens (tertiary/aromatic N) is 3. The number of amides is 1. The molecular formula is C14H14N4O2S. The Kier molecular flexibility index (Phi) is 5.23. The van der Waals surface area contributed by atoms with Crippen LogP contribution in [0.25, 0.3) is 0 Å². The molecule has 2 aromatic rings. The SMILES string of the molecule is Cc1ccc(OCC#CCNC(=O)c2snnc2C)cn1. The monoisotopic (exact) mass is 302 g/mol. The second-order valence-corrected chi connectivity index (χ2v) is 4.90. The molecule has 0 radical (unpaired) electrons. The van der Waals surface area contributed by atoms with Gasteiger partial charge in [0.25, 0.3) is 5.91 Å². The Balaban J connectivity index is 1.71. The van der Waals surface area contributed by atoms with Crippen molar-refractivity contribution in [3.8, 4) is 17.6 Å². The number of pyridine rings is 1. The van der Waals surface area contributed by atoms with Gasteiger partial charge in [-0.05, 0) is 37.5 Å². The molecule has 0 aliphatic carbocycles. The molecule has 0 aliphatic rings. The zero-order valence-corrected chi connectivity index (χ0v) is 12.5. The van der Waals surface area contributed by atoms with Crippen LogP contribution in [0.5, 0.6) is 5.75 Å². The Bertz CT molecular complexity index is 670. The maximum Gasteiger partial charge on any atom is 0.265 e. The van der Waals surface area contributed by atoms with Crippen LogP contribution in [0.1, 0.15) is 21.1 Å². The zero-order chi connectivity index (χ0) is 15.1. The Morgan fingerprint density at radius 2 is 2.24 bits per heavy atom. The van der Waals surface area contributed by atoms with Crippen LogP contribution < -0.4 is 10.1 Å². The minimum Gasteiger partial charge on any atom is -0.479 e. The van der Waals surface area contributed by atoms with Gasteiger partial charge in [-0.25, -0.2) is 0 Å². The van der Waals surface area contributed by atoms with Gasteiger partial charge in [-0.3, -0.25) is 9.78 Å². The van der Waals surface area contributed by atoms with Gasteiger partial charge in [0.2, 0.25) is 0 Å². The van der Waals surface area contributed by atoms with E-state index in [4.69, 9.17) is 4.74 Å². The first kappa shape index (κ1) is 14.9. The normalized spacial score (nSPS) is 9.62. The molecule has 0 saturated carbocycles. The lowest BCUT2D eigenvalue weighted by atomic mass is 10.4. The average molecular weight is 302 g/mol. The van der Waals surface area contributed by atoms with Crippen LogP contribution in [-0.4, -0.2) is 33.6 Å². The van der Waals surface area contributed by atoms with E-state index in [-0.39, 0.29) is 19.1 Å². The molecule has 21 heavy (non-hydrogen) atoms. The van der Waals surface area contributed by atoms with Crippen molar-refractivity contribution in [2.45, 2.75) is 13.8 Å². The van der Waals surface area contributed by atoms with E-state index < -0.39 is 0 Å². The average Bonchev–Trinajstić information content (AvgIpc) is 2.90.